The van der Waals surface area contributed by atoms with E-state index in [0.29, 0.717) is 24.6 Å². The van der Waals surface area contributed by atoms with Crippen LogP contribution in [0.25, 0.3) is 0 Å². The van der Waals surface area contributed by atoms with Gasteiger partial charge in [-0.2, -0.15) is 13.2 Å². The van der Waals surface area contributed by atoms with Crippen molar-refractivity contribution < 1.29 is 22.6 Å². The number of alkyl halides is 3. The molecule has 1 heterocycles. The van der Waals surface area contributed by atoms with Gasteiger partial charge in [0.25, 0.3) is 0 Å². The number of benzene rings is 1. The van der Waals surface area contributed by atoms with Gasteiger partial charge in [-0.3, -0.25) is 0 Å². The summed E-state index contributed by atoms with van der Waals surface area (Å²) in [5, 5.41) is 2.48. The number of nitrogens with one attached hydrogen (secondary N) is 1. The normalized spacial score (nSPS) is 18.6. The first-order valence-corrected chi connectivity index (χ1v) is 7.17. The average molecular weight is 318 g/mol. The van der Waals surface area contributed by atoms with Gasteiger partial charge in [0.2, 0.25) is 0 Å². The Labute approximate surface area is 128 Å². The van der Waals surface area contributed by atoms with Crippen LogP contribution in [0.15, 0.2) is 18.2 Å². The zero-order valence-electron chi connectivity index (χ0n) is 12.7. The molecule has 1 unspecified atom stereocenters. The molecule has 1 fully saturated rings. The van der Waals surface area contributed by atoms with Gasteiger partial charge in [0.15, 0.2) is 0 Å². The highest BCUT2D eigenvalue weighted by Gasteiger charge is 2.29. The molecule has 1 atom stereocenters. The summed E-state index contributed by atoms with van der Waals surface area (Å²) in [7, 11) is 3.18. The van der Waals surface area contributed by atoms with Gasteiger partial charge in [-0.1, -0.05) is 0 Å². The van der Waals surface area contributed by atoms with Crippen LogP contribution in [-0.2, 0) is 0 Å². The van der Waals surface area contributed by atoms with Crippen LogP contribution >= 0.6 is 0 Å². The molecule has 0 saturated carbocycles. The number of hydrogen-bond donors (Lipinski definition) is 1. The van der Waals surface area contributed by atoms with Crippen molar-refractivity contribution in [2.75, 3.05) is 45.3 Å². The minimum Gasteiger partial charge on any atom is -0.497 e. The van der Waals surface area contributed by atoms with Gasteiger partial charge >= 0.3 is 6.18 Å². The average Bonchev–Trinajstić information content (AvgIpc) is 2.93. The van der Waals surface area contributed by atoms with Gasteiger partial charge in [0.05, 0.1) is 26.5 Å². The number of halogens is 3. The molecule has 0 amide bonds. The molecule has 0 radical (unpaired) electrons. The molecule has 124 valence electrons. The third-order valence-corrected chi connectivity index (χ3v) is 3.77. The van der Waals surface area contributed by atoms with E-state index in [4.69, 9.17) is 9.47 Å². The van der Waals surface area contributed by atoms with Crippen molar-refractivity contribution in [2.45, 2.75) is 12.6 Å². The van der Waals surface area contributed by atoms with Crippen molar-refractivity contribution in [2.24, 2.45) is 5.92 Å². The Morgan fingerprint density at radius 1 is 1.27 bits per heavy atom. The van der Waals surface area contributed by atoms with Crippen molar-refractivity contribution >= 4 is 5.69 Å². The number of nitrogens with zero attached hydrogens (tertiary/aromatic N) is 1. The van der Waals surface area contributed by atoms with Crippen LogP contribution in [0, 0.1) is 5.92 Å². The van der Waals surface area contributed by atoms with E-state index < -0.39 is 12.7 Å². The lowest BCUT2D eigenvalue weighted by Crippen LogP contribution is -2.33. The fourth-order valence-electron chi connectivity index (χ4n) is 2.68. The predicted molar refractivity (Wildman–Crippen MR) is 78.8 cm³/mol. The molecule has 2 rings (SSSR count). The van der Waals surface area contributed by atoms with E-state index >= 15 is 0 Å². The van der Waals surface area contributed by atoms with Gasteiger partial charge in [0, 0.05) is 25.7 Å². The monoisotopic (exact) mass is 318 g/mol. The fourth-order valence-corrected chi connectivity index (χ4v) is 2.68. The Bertz CT molecular complexity index is 494. The molecule has 1 saturated heterocycles. The zero-order valence-corrected chi connectivity index (χ0v) is 12.7. The SMILES string of the molecule is COc1ccc(N2CCC(CNCC(F)(F)F)C2)c(OC)c1. The van der Waals surface area contributed by atoms with Crippen LogP contribution < -0.4 is 19.7 Å². The van der Waals surface area contributed by atoms with E-state index in [0.717, 1.165) is 18.7 Å². The first kappa shape index (κ1) is 16.7. The van der Waals surface area contributed by atoms with Crippen LogP contribution in [0.4, 0.5) is 18.9 Å². The number of hydrogen-bond acceptors (Lipinski definition) is 4. The Kier molecular flexibility index (Phi) is 5.39. The fraction of sp³-hybridized carbons (Fsp3) is 0.600. The zero-order chi connectivity index (χ0) is 16.2. The quantitative estimate of drug-likeness (QED) is 0.874. The second-order valence-corrected chi connectivity index (χ2v) is 5.38. The van der Waals surface area contributed by atoms with E-state index in [9.17, 15) is 13.2 Å². The summed E-state index contributed by atoms with van der Waals surface area (Å²) >= 11 is 0. The van der Waals surface area contributed by atoms with Crippen LogP contribution in [0.3, 0.4) is 0 Å². The first-order valence-electron chi connectivity index (χ1n) is 7.17. The molecular formula is C15H21F3N2O2. The largest absolute Gasteiger partial charge is 0.497 e. The van der Waals surface area contributed by atoms with Gasteiger partial charge in [-0.05, 0) is 24.5 Å². The summed E-state index contributed by atoms with van der Waals surface area (Å²) in [5.74, 6) is 1.63. The maximum absolute atomic E-state index is 12.1. The molecule has 7 heteroatoms. The van der Waals surface area contributed by atoms with Crippen molar-refractivity contribution in [1.82, 2.24) is 5.32 Å². The molecule has 4 nitrogen and oxygen atoms in total. The Morgan fingerprint density at radius 2 is 2.05 bits per heavy atom. The minimum absolute atomic E-state index is 0.203. The minimum atomic E-state index is -4.16. The number of ether oxygens (including phenoxy) is 2. The molecule has 0 aliphatic carbocycles. The number of anilines is 1. The standard InChI is InChI=1S/C15H21F3N2O2/c1-21-12-3-4-13(14(7-12)22-2)20-6-5-11(9-20)8-19-10-15(16,17)18/h3-4,7,11,19H,5-6,8-10H2,1-2H3. The van der Waals surface area contributed by atoms with Crippen LogP contribution in [-0.4, -0.2) is 46.6 Å². The smallest absolute Gasteiger partial charge is 0.401 e. The molecular weight excluding hydrogens is 297 g/mol. The lowest BCUT2D eigenvalue weighted by molar-refractivity contribution is -0.125. The Balaban J connectivity index is 1.92. The molecule has 0 aromatic heterocycles. The van der Waals surface area contributed by atoms with E-state index in [1.54, 1.807) is 14.2 Å². The summed E-state index contributed by atoms with van der Waals surface area (Å²) in [5.41, 5.74) is 0.946. The predicted octanol–water partition coefficient (Wildman–Crippen LogP) is 2.68. The molecule has 1 aliphatic heterocycles. The number of methoxy groups -OCH3 is 2. The lowest BCUT2D eigenvalue weighted by atomic mass is 10.1. The Morgan fingerprint density at radius 3 is 2.68 bits per heavy atom. The molecule has 22 heavy (non-hydrogen) atoms. The van der Waals surface area contributed by atoms with Gasteiger partial charge in [-0.25, -0.2) is 0 Å². The molecule has 1 aromatic rings. The third kappa shape index (κ3) is 4.43. The van der Waals surface area contributed by atoms with E-state index in [-0.39, 0.29) is 5.92 Å². The second kappa shape index (κ2) is 7.09. The highest BCUT2D eigenvalue weighted by molar-refractivity contribution is 5.61. The number of rotatable bonds is 6. The highest BCUT2D eigenvalue weighted by Crippen LogP contribution is 2.35. The lowest BCUT2D eigenvalue weighted by Gasteiger charge is -2.22. The first-order chi connectivity index (χ1) is 10.4. The second-order valence-electron chi connectivity index (χ2n) is 5.38. The third-order valence-electron chi connectivity index (χ3n) is 3.77. The summed E-state index contributed by atoms with van der Waals surface area (Å²) < 4.78 is 47.0. The molecule has 1 aromatic carbocycles. The summed E-state index contributed by atoms with van der Waals surface area (Å²) in [6, 6.07) is 5.58. The van der Waals surface area contributed by atoms with Gasteiger partial charge < -0.3 is 19.7 Å². The van der Waals surface area contributed by atoms with E-state index in [1.165, 1.54) is 0 Å². The Hall–Kier alpha value is -1.63. The van der Waals surface area contributed by atoms with Gasteiger partial charge in [-0.15, -0.1) is 0 Å². The summed E-state index contributed by atoms with van der Waals surface area (Å²) in [6.07, 6.45) is -3.29. The molecule has 0 bridgehead atoms. The molecule has 1 N–H and O–H groups in total. The van der Waals surface area contributed by atoms with Crippen molar-refractivity contribution in [1.29, 1.82) is 0 Å². The topological polar surface area (TPSA) is 33.7 Å². The highest BCUT2D eigenvalue weighted by atomic mass is 19.4. The van der Waals surface area contributed by atoms with Crippen LogP contribution in [0.5, 0.6) is 11.5 Å². The maximum atomic E-state index is 12.1. The van der Waals surface area contributed by atoms with Crippen molar-refractivity contribution in [3.05, 3.63) is 18.2 Å². The summed E-state index contributed by atoms with van der Waals surface area (Å²) in [6.45, 7) is 0.957. The summed E-state index contributed by atoms with van der Waals surface area (Å²) in [4.78, 5) is 2.14. The van der Waals surface area contributed by atoms with Gasteiger partial charge in [0.1, 0.15) is 11.5 Å². The maximum Gasteiger partial charge on any atom is 0.401 e. The van der Waals surface area contributed by atoms with Crippen LogP contribution in [0.2, 0.25) is 0 Å². The van der Waals surface area contributed by atoms with Crippen LogP contribution in [0.1, 0.15) is 6.42 Å². The molecule has 0 spiro atoms. The van der Waals surface area contributed by atoms with Crippen molar-refractivity contribution in [3.8, 4) is 11.5 Å². The van der Waals surface area contributed by atoms with Crippen molar-refractivity contribution in [3.63, 3.8) is 0 Å². The van der Waals surface area contributed by atoms with E-state index in [2.05, 4.69) is 10.2 Å². The van der Waals surface area contributed by atoms with E-state index in [1.807, 2.05) is 18.2 Å². The molecule has 1 aliphatic rings.